The second-order valence-electron chi connectivity index (χ2n) is 4.85. The summed E-state index contributed by atoms with van der Waals surface area (Å²) < 4.78 is 0. The number of benzene rings is 1. The summed E-state index contributed by atoms with van der Waals surface area (Å²) in [7, 11) is 0. The predicted octanol–water partition coefficient (Wildman–Crippen LogP) is 3.65. The van der Waals surface area contributed by atoms with E-state index in [1.54, 1.807) is 12.3 Å². The standard InChI is InChI=1S/C17H21ClN4.HI/c1-2-19-17(20-11-10-14-6-4-3-5-7-14)22-13-15-8-9-16(18)21-12-15;/h3-9,12H,2,10-11,13H2,1H3,(H2,19,20,22);1H. The van der Waals surface area contributed by atoms with Gasteiger partial charge in [-0.2, -0.15) is 0 Å². The van der Waals surface area contributed by atoms with Gasteiger partial charge >= 0.3 is 0 Å². The molecule has 0 aliphatic rings. The highest BCUT2D eigenvalue weighted by Gasteiger charge is 1.99. The normalized spacial score (nSPS) is 10.8. The summed E-state index contributed by atoms with van der Waals surface area (Å²) in [5.41, 5.74) is 2.34. The Morgan fingerprint density at radius 2 is 1.87 bits per heavy atom. The van der Waals surface area contributed by atoms with Gasteiger partial charge in [0.15, 0.2) is 5.96 Å². The molecule has 4 nitrogen and oxygen atoms in total. The number of nitrogens with one attached hydrogen (secondary N) is 2. The van der Waals surface area contributed by atoms with Gasteiger partial charge in [-0.05, 0) is 30.5 Å². The fourth-order valence-corrected chi connectivity index (χ4v) is 2.09. The Hall–Kier alpha value is -1.34. The first kappa shape index (κ1) is 19.7. The van der Waals surface area contributed by atoms with Crippen LogP contribution in [0.4, 0.5) is 0 Å². The van der Waals surface area contributed by atoms with Crippen LogP contribution in [0.1, 0.15) is 18.1 Å². The van der Waals surface area contributed by atoms with Crippen molar-refractivity contribution < 1.29 is 0 Å². The van der Waals surface area contributed by atoms with Gasteiger partial charge in [0, 0.05) is 19.3 Å². The molecular weight excluding hydrogens is 423 g/mol. The summed E-state index contributed by atoms with van der Waals surface area (Å²) >= 11 is 5.78. The van der Waals surface area contributed by atoms with Crippen molar-refractivity contribution in [2.24, 2.45) is 4.99 Å². The highest BCUT2D eigenvalue weighted by Crippen LogP contribution is 2.06. The predicted molar refractivity (Wildman–Crippen MR) is 108 cm³/mol. The number of guanidine groups is 1. The number of aliphatic imine (C=N–C) groups is 1. The van der Waals surface area contributed by atoms with Crippen LogP contribution in [0.15, 0.2) is 53.7 Å². The molecule has 6 heteroatoms. The van der Waals surface area contributed by atoms with Gasteiger partial charge in [0.1, 0.15) is 5.15 Å². The Morgan fingerprint density at radius 3 is 2.52 bits per heavy atom. The lowest BCUT2D eigenvalue weighted by Gasteiger charge is -2.11. The van der Waals surface area contributed by atoms with Crippen molar-refractivity contribution in [2.75, 3.05) is 13.1 Å². The van der Waals surface area contributed by atoms with E-state index in [-0.39, 0.29) is 24.0 Å². The van der Waals surface area contributed by atoms with Crippen molar-refractivity contribution in [1.29, 1.82) is 0 Å². The van der Waals surface area contributed by atoms with Gasteiger partial charge in [-0.25, -0.2) is 9.98 Å². The lowest BCUT2D eigenvalue weighted by Crippen LogP contribution is -2.38. The number of pyridine rings is 1. The third kappa shape index (κ3) is 7.65. The second-order valence-corrected chi connectivity index (χ2v) is 5.23. The van der Waals surface area contributed by atoms with Gasteiger partial charge in [0.25, 0.3) is 0 Å². The molecule has 0 atom stereocenters. The summed E-state index contributed by atoms with van der Waals surface area (Å²) in [6.45, 7) is 4.30. The zero-order valence-electron chi connectivity index (χ0n) is 13.1. The van der Waals surface area contributed by atoms with Gasteiger partial charge in [-0.1, -0.05) is 48.0 Å². The van der Waals surface area contributed by atoms with Crippen molar-refractivity contribution in [3.05, 3.63) is 64.9 Å². The molecule has 0 aliphatic carbocycles. The average molecular weight is 445 g/mol. The van der Waals surface area contributed by atoms with Crippen molar-refractivity contribution >= 4 is 41.5 Å². The minimum absolute atomic E-state index is 0. The van der Waals surface area contributed by atoms with Gasteiger partial charge in [-0.3, -0.25) is 0 Å². The third-order valence-electron chi connectivity index (χ3n) is 3.10. The number of aromatic nitrogens is 1. The highest BCUT2D eigenvalue weighted by molar-refractivity contribution is 14.0. The largest absolute Gasteiger partial charge is 0.357 e. The molecule has 124 valence electrons. The summed E-state index contributed by atoms with van der Waals surface area (Å²) in [5, 5.41) is 7.09. The topological polar surface area (TPSA) is 49.3 Å². The minimum Gasteiger partial charge on any atom is -0.357 e. The maximum Gasteiger partial charge on any atom is 0.191 e. The lowest BCUT2D eigenvalue weighted by atomic mass is 10.1. The molecule has 2 N–H and O–H groups in total. The molecule has 1 aromatic carbocycles. The maximum absolute atomic E-state index is 5.78. The Morgan fingerprint density at radius 1 is 1.09 bits per heavy atom. The molecule has 2 aromatic rings. The van der Waals surface area contributed by atoms with Crippen molar-refractivity contribution in [3.8, 4) is 0 Å². The molecule has 23 heavy (non-hydrogen) atoms. The fourth-order valence-electron chi connectivity index (χ4n) is 1.98. The first-order valence-corrected chi connectivity index (χ1v) is 7.82. The van der Waals surface area contributed by atoms with E-state index in [1.165, 1.54) is 5.56 Å². The average Bonchev–Trinajstić information content (AvgIpc) is 2.55. The maximum atomic E-state index is 5.78. The highest BCUT2D eigenvalue weighted by atomic mass is 127. The Bertz CT molecular complexity index is 587. The number of hydrogen-bond acceptors (Lipinski definition) is 2. The summed E-state index contributed by atoms with van der Waals surface area (Å²) in [6.07, 6.45) is 2.72. The monoisotopic (exact) mass is 444 g/mol. The van der Waals surface area contributed by atoms with Crippen LogP contribution in [0.25, 0.3) is 0 Å². The first-order chi connectivity index (χ1) is 10.8. The molecule has 0 spiro atoms. The molecule has 0 radical (unpaired) electrons. The Labute approximate surface area is 159 Å². The fraction of sp³-hybridized carbons (Fsp3) is 0.294. The van der Waals surface area contributed by atoms with Crippen LogP contribution in [0.2, 0.25) is 5.15 Å². The number of nitrogens with zero attached hydrogens (tertiary/aromatic N) is 2. The molecule has 0 unspecified atom stereocenters. The van der Waals surface area contributed by atoms with Crippen LogP contribution in [0.3, 0.4) is 0 Å². The molecule has 0 saturated carbocycles. The summed E-state index contributed by atoms with van der Waals surface area (Å²) in [6, 6.07) is 14.1. The second kappa shape index (κ2) is 11.2. The van der Waals surface area contributed by atoms with Crippen molar-refractivity contribution in [1.82, 2.24) is 15.6 Å². The van der Waals surface area contributed by atoms with Gasteiger partial charge in [0.2, 0.25) is 0 Å². The van der Waals surface area contributed by atoms with E-state index in [0.717, 1.165) is 31.0 Å². The summed E-state index contributed by atoms with van der Waals surface area (Å²) in [4.78, 5) is 8.62. The van der Waals surface area contributed by atoms with E-state index in [0.29, 0.717) is 11.7 Å². The molecule has 1 aromatic heterocycles. The van der Waals surface area contributed by atoms with E-state index in [1.807, 2.05) is 12.1 Å². The van der Waals surface area contributed by atoms with Crippen LogP contribution >= 0.6 is 35.6 Å². The molecule has 0 aliphatic heterocycles. The molecule has 0 fully saturated rings. The van der Waals surface area contributed by atoms with E-state index in [2.05, 4.69) is 51.8 Å². The number of hydrogen-bond donors (Lipinski definition) is 2. The van der Waals surface area contributed by atoms with Crippen LogP contribution in [-0.4, -0.2) is 24.0 Å². The van der Waals surface area contributed by atoms with Gasteiger partial charge in [-0.15, -0.1) is 24.0 Å². The van der Waals surface area contributed by atoms with E-state index in [4.69, 9.17) is 11.6 Å². The zero-order valence-corrected chi connectivity index (χ0v) is 16.2. The minimum atomic E-state index is 0. The molecule has 0 bridgehead atoms. The quantitative estimate of drug-likeness (QED) is 0.309. The van der Waals surface area contributed by atoms with Crippen LogP contribution < -0.4 is 10.6 Å². The summed E-state index contributed by atoms with van der Waals surface area (Å²) in [5.74, 6) is 0.813. The molecule has 0 saturated heterocycles. The van der Waals surface area contributed by atoms with Crippen molar-refractivity contribution in [3.63, 3.8) is 0 Å². The van der Waals surface area contributed by atoms with E-state index in [9.17, 15) is 0 Å². The molecule has 0 amide bonds. The molecular formula is C17H22ClIN4. The first-order valence-electron chi connectivity index (χ1n) is 7.44. The van der Waals surface area contributed by atoms with Crippen LogP contribution in [0.5, 0.6) is 0 Å². The van der Waals surface area contributed by atoms with Gasteiger partial charge < -0.3 is 10.6 Å². The SMILES string of the molecule is CCNC(=NCc1ccc(Cl)nc1)NCCc1ccccc1.I. The molecule has 1 heterocycles. The molecule has 2 rings (SSSR count). The van der Waals surface area contributed by atoms with Gasteiger partial charge in [0.05, 0.1) is 6.54 Å². The Kier molecular flexibility index (Phi) is 9.63. The van der Waals surface area contributed by atoms with E-state index >= 15 is 0 Å². The lowest BCUT2D eigenvalue weighted by molar-refractivity contribution is 0.799. The van der Waals surface area contributed by atoms with Crippen LogP contribution in [0, 0.1) is 0 Å². The smallest absolute Gasteiger partial charge is 0.191 e. The van der Waals surface area contributed by atoms with Crippen LogP contribution in [-0.2, 0) is 13.0 Å². The Balaban J connectivity index is 0.00000264. The third-order valence-corrected chi connectivity index (χ3v) is 3.33. The zero-order chi connectivity index (χ0) is 15.6. The number of halogens is 2. The van der Waals surface area contributed by atoms with Crippen molar-refractivity contribution in [2.45, 2.75) is 19.9 Å². The van der Waals surface area contributed by atoms with E-state index < -0.39 is 0 Å². The number of rotatable bonds is 6.